The Kier molecular flexibility index (Phi) is 26.8. The lowest BCUT2D eigenvalue weighted by Gasteiger charge is -2.41. The highest BCUT2D eigenvalue weighted by molar-refractivity contribution is 5.99. The van der Waals surface area contributed by atoms with E-state index in [1.54, 1.807) is 13.8 Å². The van der Waals surface area contributed by atoms with Crippen LogP contribution in [-0.4, -0.2) is 233 Å². The molecule has 22 nitrogen and oxygen atoms in total. The summed E-state index contributed by atoms with van der Waals surface area (Å²) in [7, 11) is 9.58. The van der Waals surface area contributed by atoms with E-state index in [0.717, 1.165) is 38.9 Å². The number of fused-ring (bicyclic) bond motifs is 1. The highest BCUT2D eigenvalue weighted by atomic mass is 19.4. The van der Waals surface area contributed by atoms with Gasteiger partial charge in [-0.05, 0) is 99.7 Å². The summed E-state index contributed by atoms with van der Waals surface area (Å²) in [4.78, 5) is 170. The zero-order chi connectivity index (χ0) is 71.6. The molecule has 6 rings (SSSR count). The van der Waals surface area contributed by atoms with Crippen molar-refractivity contribution in [3.05, 3.63) is 34.9 Å². The molecule has 96 heavy (non-hydrogen) atoms. The van der Waals surface area contributed by atoms with E-state index in [1.165, 1.54) is 64.0 Å². The number of carbonyl (C=O) groups excluding carboxylic acids is 11. The van der Waals surface area contributed by atoms with Gasteiger partial charge in [-0.2, -0.15) is 13.2 Å². The van der Waals surface area contributed by atoms with Crippen molar-refractivity contribution < 1.29 is 83.5 Å². The number of hydrogen-bond acceptors (Lipinski definition) is 11. The van der Waals surface area contributed by atoms with Gasteiger partial charge in [-0.3, -0.25) is 52.7 Å². The number of hydrogen-bond donors (Lipinski definition) is 3. The quantitative estimate of drug-likeness (QED) is 0.232. The molecule has 3 N–H and O–H groups in total. The van der Waals surface area contributed by atoms with Gasteiger partial charge in [-0.15, -0.1) is 0 Å². The Balaban J connectivity index is 1.41. The summed E-state index contributed by atoms with van der Waals surface area (Å²) in [6, 6.07) is -8.83. The molecule has 5 aliphatic rings. The van der Waals surface area contributed by atoms with E-state index in [9.17, 15) is 56.3 Å². The standard InChI is InChI=1S/C67H100F7N11O11/c1-13-40(4)56-62(94)80(8)36-53(88)78(6)37-54(89)83(11)49(33-42-21-15-14-16-22-42)61(93)79(7)35-51(86)75-47(26-25-43-31-45(68)55(46(69)32-43)67(72,73)74)60(92)85-38-66(70,71)34-50(85)59(91)77-65(27-19-20-28-65)64(96)84(12)57(44-23-17-18-24-44)63(95)81(9)41(5)30-52(87)82(10)48(29-39(2)3)58(90)76-56/h31-32,39-42,44,47-50,56-57H,13-30,33-38H2,1-12H3,(H,75,86)(H,76,90)(H,77,91)/t40-,41+,47-,48-,49-,50?,56-,57-/m0/s1. The van der Waals surface area contributed by atoms with Crippen LogP contribution in [-0.2, 0) is 65.3 Å². The van der Waals surface area contributed by atoms with E-state index in [-0.39, 0.29) is 43.9 Å². The highest BCUT2D eigenvalue weighted by Gasteiger charge is 2.55. The SMILES string of the molecule is CC[C@H](C)[C@@H]1NC(=O)[C@H](CC(C)C)N(C)C(=O)C[C@@H](C)N(C)C(=O)[C@H](C2CCCC2)N(C)C(=O)C2(CCCC2)NC(=O)C2CC(F)(F)CN2C(=O)[C@H](CCc2cc(F)c(C(F)(F)F)c(F)c2)NC(=O)CN(C)C(=O)[C@H](CC2CCCCC2)N(C)C(=O)CN(C)C(=O)CN(C)C1=O. The smallest absolute Gasteiger partial charge is 0.343 e. The second-order valence-corrected chi connectivity index (χ2v) is 28.2. The molecule has 0 radical (unpaired) electrons. The number of nitrogens with one attached hydrogen (secondary N) is 3. The molecule has 0 aromatic heterocycles. The Morgan fingerprint density at radius 3 is 1.76 bits per heavy atom. The van der Waals surface area contributed by atoms with Gasteiger partial charge in [-0.1, -0.05) is 91.9 Å². The van der Waals surface area contributed by atoms with Crippen molar-refractivity contribution in [2.45, 2.75) is 223 Å². The maximum Gasteiger partial charge on any atom is 0.422 e. The lowest BCUT2D eigenvalue weighted by Crippen LogP contribution is -2.64. The molecule has 1 aromatic carbocycles. The minimum atomic E-state index is -5.45. The fourth-order valence-electron chi connectivity index (χ4n) is 14.3. The molecule has 29 heteroatoms. The predicted octanol–water partition coefficient (Wildman–Crippen LogP) is 5.91. The van der Waals surface area contributed by atoms with Gasteiger partial charge in [0.1, 0.15) is 59.0 Å². The molecule has 0 bridgehead atoms. The number of likely N-dealkylation sites (N-methyl/N-ethyl adjacent to an activating group) is 7. The fourth-order valence-corrected chi connectivity index (χ4v) is 14.3. The van der Waals surface area contributed by atoms with Crippen molar-refractivity contribution in [3.8, 4) is 0 Å². The largest absolute Gasteiger partial charge is 0.422 e. The third kappa shape index (κ3) is 19.2. The lowest BCUT2D eigenvalue weighted by molar-refractivity contribution is -0.153. The number of benzene rings is 1. The van der Waals surface area contributed by atoms with Crippen LogP contribution < -0.4 is 16.0 Å². The number of nitrogens with zero attached hydrogens (tertiary/aromatic N) is 8. The maximum absolute atomic E-state index is 16.0. The topological polar surface area (TPSA) is 250 Å². The molecular weight excluding hydrogens is 1270 g/mol. The van der Waals surface area contributed by atoms with E-state index in [0.29, 0.717) is 74.8 Å². The van der Waals surface area contributed by atoms with Crippen LogP contribution in [0.5, 0.6) is 0 Å². The maximum atomic E-state index is 16.0. The first-order valence-electron chi connectivity index (χ1n) is 33.8. The van der Waals surface area contributed by atoms with E-state index in [4.69, 9.17) is 0 Å². The highest BCUT2D eigenvalue weighted by Crippen LogP contribution is 2.40. The van der Waals surface area contributed by atoms with E-state index in [1.807, 2.05) is 20.8 Å². The number of amides is 11. The van der Waals surface area contributed by atoms with Crippen LogP contribution >= 0.6 is 0 Å². The molecule has 2 heterocycles. The summed E-state index contributed by atoms with van der Waals surface area (Å²) in [5.74, 6) is -17.8. The Morgan fingerprint density at radius 1 is 0.625 bits per heavy atom. The summed E-state index contributed by atoms with van der Waals surface area (Å²) in [5, 5.41) is 7.99. The molecule has 3 saturated carbocycles. The normalized spacial score (nSPS) is 27.1. The van der Waals surface area contributed by atoms with E-state index < -0.39 is 205 Å². The molecule has 1 unspecified atom stereocenters. The Hall–Kier alpha value is -7.10. The second-order valence-electron chi connectivity index (χ2n) is 28.2. The van der Waals surface area contributed by atoms with Gasteiger partial charge < -0.3 is 55.1 Å². The predicted molar refractivity (Wildman–Crippen MR) is 339 cm³/mol. The van der Waals surface area contributed by atoms with Gasteiger partial charge in [0.2, 0.25) is 65.0 Å². The minimum Gasteiger partial charge on any atom is -0.343 e. The Bertz CT molecular complexity index is 2990. The molecule has 2 saturated heterocycles. The molecule has 1 spiro atoms. The van der Waals surface area contributed by atoms with Crippen molar-refractivity contribution in [2.75, 3.05) is 75.5 Å². The van der Waals surface area contributed by atoms with Crippen LogP contribution in [0.25, 0.3) is 0 Å². The fraction of sp³-hybridized carbons (Fsp3) is 0.746. The lowest BCUT2D eigenvalue weighted by atomic mass is 9.84. The van der Waals surface area contributed by atoms with Crippen molar-refractivity contribution in [1.82, 2.24) is 55.1 Å². The van der Waals surface area contributed by atoms with Crippen LogP contribution in [0.2, 0.25) is 0 Å². The van der Waals surface area contributed by atoms with Crippen molar-refractivity contribution in [3.63, 3.8) is 0 Å². The second kappa shape index (κ2) is 33.0. The molecule has 3 aliphatic carbocycles. The van der Waals surface area contributed by atoms with Crippen LogP contribution in [0.15, 0.2) is 12.1 Å². The number of aryl methyl sites for hydroxylation is 1. The summed E-state index contributed by atoms with van der Waals surface area (Å²) in [6.07, 6.45) is -0.594. The Morgan fingerprint density at radius 2 is 1.19 bits per heavy atom. The van der Waals surface area contributed by atoms with Crippen molar-refractivity contribution in [1.29, 1.82) is 0 Å². The third-order valence-electron chi connectivity index (χ3n) is 20.5. The van der Waals surface area contributed by atoms with Crippen LogP contribution in [0.3, 0.4) is 0 Å². The van der Waals surface area contributed by atoms with Gasteiger partial charge >= 0.3 is 6.18 Å². The van der Waals surface area contributed by atoms with Gasteiger partial charge in [-0.25, -0.2) is 17.6 Å². The van der Waals surface area contributed by atoms with Gasteiger partial charge in [0.05, 0.1) is 26.2 Å². The third-order valence-corrected chi connectivity index (χ3v) is 20.5. The minimum absolute atomic E-state index is 0.0148. The van der Waals surface area contributed by atoms with Gasteiger partial charge in [0, 0.05) is 68.2 Å². The number of halogens is 7. The van der Waals surface area contributed by atoms with Gasteiger partial charge in [0.15, 0.2) is 0 Å². The average molecular weight is 1370 g/mol. The number of alkyl halides is 5. The molecule has 538 valence electrons. The average Bonchev–Trinajstić information content (AvgIpc) is 1.50. The molecule has 8 atom stereocenters. The summed E-state index contributed by atoms with van der Waals surface area (Å²) in [6.45, 7) is 5.47. The summed E-state index contributed by atoms with van der Waals surface area (Å²) >= 11 is 0. The first kappa shape index (κ1) is 77.9. The molecule has 5 fully saturated rings. The van der Waals surface area contributed by atoms with Crippen molar-refractivity contribution in [2.24, 2.45) is 23.7 Å². The number of rotatable bonds is 10. The van der Waals surface area contributed by atoms with Crippen LogP contribution in [0, 0.1) is 35.3 Å². The molecule has 1 aromatic rings. The summed E-state index contributed by atoms with van der Waals surface area (Å²) in [5.41, 5.74) is -4.44. The van der Waals surface area contributed by atoms with Gasteiger partial charge in [0.25, 0.3) is 5.92 Å². The zero-order valence-corrected chi connectivity index (χ0v) is 57.7. The first-order chi connectivity index (χ1) is 44.8. The molecule has 11 amide bonds. The van der Waals surface area contributed by atoms with Crippen molar-refractivity contribution >= 4 is 65.0 Å². The van der Waals surface area contributed by atoms with E-state index >= 15 is 27.2 Å². The zero-order valence-electron chi connectivity index (χ0n) is 57.7. The molecule has 2 aliphatic heterocycles. The molecular formula is C67H100F7N11O11. The van der Waals surface area contributed by atoms with E-state index in [2.05, 4.69) is 16.0 Å². The Labute approximate surface area is 558 Å². The number of carbonyl (C=O) groups is 11. The summed E-state index contributed by atoms with van der Waals surface area (Å²) < 4.78 is 103. The van der Waals surface area contributed by atoms with Crippen LogP contribution in [0.4, 0.5) is 30.7 Å². The first-order valence-corrected chi connectivity index (χ1v) is 33.8. The monoisotopic (exact) mass is 1370 g/mol. The van der Waals surface area contributed by atoms with Crippen LogP contribution in [0.1, 0.15) is 168 Å².